The number of carbonyl (C=O) groups is 1. The predicted octanol–water partition coefficient (Wildman–Crippen LogP) is 2.02. The summed E-state index contributed by atoms with van der Waals surface area (Å²) < 4.78 is 0. The number of rotatable bonds is 5. The molecule has 2 amide bonds. The monoisotopic (exact) mass is 218 g/mol. The second-order valence-corrected chi connectivity index (χ2v) is 3.66. The standard InChI is InChI=1S/C13H18N2O/c1-3-9-14-13(16)15-10-8-12-6-4-11(2)5-7-12/h3-7H,1,8-10H2,2H3,(H2,14,15,16). The molecular weight excluding hydrogens is 200 g/mol. The Kier molecular flexibility index (Phi) is 5.12. The van der Waals surface area contributed by atoms with E-state index >= 15 is 0 Å². The number of aryl methyl sites for hydroxylation is 1. The van der Waals surface area contributed by atoms with E-state index in [2.05, 4.69) is 48.4 Å². The summed E-state index contributed by atoms with van der Waals surface area (Å²) >= 11 is 0. The minimum Gasteiger partial charge on any atom is -0.338 e. The molecular formula is C13H18N2O. The van der Waals surface area contributed by atoms with Gasteiger partial charge in [-0.3, -0.25) is 0 Å². The van der Waals surface area contributed by atoms with Crippen molar-refractivity contribution in [2.75, 3.05) is 13.1 Å². The highest BCUT2D eigenvalue weighted by Crippen LogP contribution is 2.02. The van der Waals surface area contributed by atoms with Gasteiger partial charge in [0.15, 0.2) is 0 Å². The van der Waals surface area contributed by atoms with Crippen LogP contribution in [-0.4, -0.2) is 19.1 Å². The van der Waals surface area contributed by atoms with Crippen molar-refractivity contribution in [1.82, 2.24) is 10.6 Å². The lowest BCUT2D eigenvalue weighted by Gasteiger charge is -2.06. The Morgan fingerprint density at radius 3 is 2.62 bits per heavy atom. The van der Waals surface area contributed by atoms with E-state index in [9.17, 15) is 4.79 Å². The van der Waals surface area contributed by atoms with Crippen molar-refractivity contribution >= 4 is 6.03 Å². The van der Waals surface area contributed by atoms with Crippen molar-refractivity contribution in [3.8, 4) is 0 Å². The molecule has 0 atom stereocenters. The first-order chi connectivity index (χ1) is 7.72. The Balaban J connectivity index is 2.22. The number of amides is 2. The zero-order chi connectivity index (χ0) is 11.8. The Morgan fingerprint density at radius 2 is 2.00 bits per heavy atom. The average molecular weight is 218 g/mol. The lowest BCUT2D eigenvalue weighted by molar-refractivity contribution is 0.242. The molecule has 0 spiro atoms. The van der Waals surface area contributed by atoms with E-state index in [1.807, 2.05) is 0 Å². The maximum absolute atomic E-state index is 11.2. The van der Waals surface area contributed by atoms with Gasteiger partial charge in [-0.15, -0.1) is 6.58 Å². The molecule has 0 saturated heterocycles. The van der Waals surface area contributed by atoms with Crippen molar-refractivity contribution in [2.24, 2.45) is 0 Å². The number of urea groups is 1. The summed E-state index contributed by atoms with van der Waals surface area (Å²) in [5.74, 6) is 0. The summed E-state index contributed by atoms with van der Waals surface area (Å²) in [6.45, 7) is 6.73. The second-order valence-electron chi connectivity index (χ2n) is 3.66. The molecule has 0 fully saturated rings. The maximum atomic E-state index is 11.2. The van der Waals surface area contributed by atoms with Crippen LogP contribution in [0.3, 0.4) is 0 Å². The topological polar surface area (TPSA) is 41.1 Å². The van der Waals surface area contributed by atoms with E-state index in [0.29, 0.717) is 13.1 Å². The minimum atomic E-state index is -0.146. The average Bonchev–Trinajstić information content (AvgIpc) is 2.29. The zero-order valence-electron chi connectivity index (χ0n) is 9.62. The number of benzene rings is 1. The van der Waals surface area contributed by atoms with Crippen LogP contribution in [0.15, 0.2) is 36.9 Å². The Hall–Kier alpha value is -1.77. The third-order valence-electron chi connectivity index (χ3n) is 2.23. The van der Waals surface area contributed by atoms with E-state index in [1.54, 1.807) is 6.08 Å². The maximum Gasteiger partial charge on any atom is 0.315 e. The van der Waals surface area contributed by atoms with Crippen LogP contribution in [-0.2, 0) is 6.42 Å². The number of nitrogens with one attached hydrogen (secondary N) is 2. The van der Waals surface area contributed by atoms with Gasteiger partial charge >= 0.3 is 6.03 Å². The van der Waals surface area contributed by atoms with Crippen LogP contribution in [0.5, 0.6) is 0 Å². The van der Waals surface area contributed by atoms with Gasteiger partial charge in [-0.05, 0) is 18.9 Å². The molecule has 1 rings (SSSR count). The summed E-state index contributed by atoms with van der Waals surface area (Å²) in [7, 11) is 0. The summed E-state index contributed by atoms with van der Waals surface area (Å²) in [5, 5.41) is 5.44. The van der Waals surface area contributed by atoms with Gasteiger partial charge < -0.3 is 10.6 Å². The van der Waals surface area contributed by atoms with E-state index < -0.39 is 0 Å². The van der Waals surface area contributed by atoms with Crippen molar-refractivity contribution in [2.45, 2.75) is 13.3 Å². The molecule has 0 aliphatic carbocycles. The molecule has 3 heteroatoms. The highest BCUT2D eigenvalue weighted by molar-refractivity contribution is 5.73. The predicted molar refractivity (Wildman–Crippen MR) is 66.5 cm³/mol. The third kappa shape index (κ3) is 4.64. The van der Waals surface area contributed by atoms with Gasteiger partial charge in [0, 0.05) is 13.1 Å². The Bertz CT molecular complexity index is 343. The van der Waals surface area contributed by atoms with Crippen LogP contribution in [0.25, 0.3) is 0 Å². The van der Waals surface area contributed by atoms with Crippen molar-refractivity contribution in [3.05, 3.63) is 48.0 Å². The van der Waals surface area contributed by atoms with E-state index in [0.717, 1.165) is 6.42 Å². The minimum absolute atomic E-state index is 0.146. The first-order valence-corrected chi connectivity index (χ1v) is 5.40. The zero-order valence-corrected chi connectivity index (χ0v) is 9.62. The third-order valence-corrected chi connectivity index (χ3v) is 2.23. The van der Waals surface area contributed by atoms with Crippen molar-refractivity contribution < 1.29 is 4.79 Å². The van der Waals surface area contributed by atoms with E-state index in [-0.39, 0.29) is 6.03 Å². The van der Waals surface area contributed by atoms with E-state index in [4.69, 9.17) is 0 Å². The largest absolute Gasteiger partial charge is 0.338 e. The molecule has 3 nitrogen and oxygen atoms in total. The van der Waals surface area contributed by atoms with Gasteiger partial charge in [0.25, 0.3) is 0 Å². The first kappa shape index (κ1) is 12.3. The lowest BCUT2D eigenvalue weighted by Crippen LogP contribution is -2.36. The fourth-order valence-corrected chi connectivity index (χ4v) is 1.30. The first-order valence-electron chi connectivity index (χ1n) is 5.40. The molecule has 0 aromatic heterocycles. The van der Waals surface area contributed by atoms with Crippen LogP contribution in [0, 0.1) is 6.92 Å². The van der Waals surface area contributed by atoms with Gasteiger partial charge in [-0.25, -0.2) is 4.79 Å². The van der Waals surface area contributed by atoms with Crippen LogP contribution >= 0.6 is 0 Å². The van der Waals surface area contributed by atoms with Gasteiger partial charge in [-0.1, -0.05) is 35.9 Å². The van der Waals surface area contributed by atoms with Crippen LogP contribution in [0.2, 0.25) is 0 Å². The van der Waals surface area contributed by atoms with E-state index in [1.165, 1.54) is 11.1 Å². The molecule has 16 heavy (non-hydrogen) atoms. The molecule has 0 saturated carbocycles. The van der Waals surface area contributed by atoms with Crippen LogP contribution in [0.4, 0.5) is 4.79 Å². The smallest absolute Gasteiger partial charge is 0.315 e. The quantitative estimate of drug-likeness (QED) is 0.729. The molecule has 0 radical (unpaired) electrons. The molecule has 2 N–H and O–H groups in total. The molecule has 0 heterocycles. The highest BCUT2D eigenvalue weighted by Gasteiger charge is 1.97. The molecule has 0 aliphatic heterocycles. The molecule has 0 aliphatic rings. The summed E-state index contributed by atoms with van der Waals surface area (Å²) in [4.78, 5) is 11.2. The van der Waals surface area contributed by atoms with Crippen molar-refractivity contribution in [3.63, 3.8) is 0 Å². The van der Waals surface area contributed by atoms with Gasteiger partial charge in [0.1, 0.15) is 0 Å². The van der Waals surface area contributed by atoms with Gasteiger partial charge in [-0.2, -0.15) is 0 Å². The molecule has 1 aromatic rings. The Morgan fingerprint density at radius 1 is 1.31 bits per heavy atom. The van der Waals surface area contributed by atoms with Crippen LogP contribution in [0.1, 0.15) is 11.1 Å². The fraction of sp³-hybridized carbons (Fsp3) is 0.308. The second kappa shape index (κ2) is 6.67. The number of carbonyl (C=O) groups excluding carboxylic acids is 1. The molecule has 86 valence electrons. The number of hydrogen-bond donors (Lipinski definition) is 2. The van der Waals surface area contributed by atoms with Crippen LogP contribution < -0.4 is 10.6 Å². The molecule has 0 unspecified atom stereocenters. The fourth-order valence-electron chi connectivity index (χ4n) is 1.30. The Labute approximate surface area is 96.6 Å². The lowest BCUT2D eigenvalue weighted by atomic mass is 10.1. The number of hydrogen-bond acceptors (Lipinski definition) is 1. The van der Waals surface area contributed by atoms with Crippen molar-refractivity contribution in [1.29, 1.82) is 0 Å². The molecule has 0 bridgehead atoms. The van der Waals surface area contributed by atoms with Gasteiger partial charge in [0.05, 0.1) is 0 Å². The van der Waals surface area contributed by atoms with Gasteiger partial charge in [0.2, 0.25) is 0 Å². The SMILES string of the molecule is C=CCNC(=O)NCCc1ccc(C)cc1. The highest BCUT2D eigenvalue weighted by atomic mass is 16.2. The summed E-state index contributed by atoms with van der Waals surface area (Å²) in [6, 6.07) is 8.17. The normalized spacial score (nSPS) is 9.56. The molecule has 1 aromatic carbocycles. The summed E-state index contributed by atoms with van der Waals surface area (Å²) in [5.41, 5.74) is 2.48. The summed E-state index contributed by atoms with van der Waals surface area (Å²) in [6.07, 6.45) is 2.50.